The number of nitro benzene ring substituents is 1. The SMILES string of the molecule is CC(=O)N[C@@H]1[C@H](OCc2ccccc2)O[C@H](CO)[C@H](O)[C@@H]1O[C@H](C)C(=O)N[C@@H](C)C(=O)N[C@H](CCC(=O)N[C@@H](CCCCNC(=O)/C=C/c1cccc([N+](=O)[O-])c1)C(N)=O)C(N)=O. The number of unbranched alkanes of at least 4 members (excludes halogenated alkanes) is 1. The summed E-state index contributed by atoms with van der Waals surface area (Å²) in [6.45, 7) is 3.47. The maximum atomic E-state index is 13.2. The van der Waals surface area contributed by atoms with Crippen molar-refractivity contribution >= 4 is 53.1 Å². The third kappa shape index (κ3) is 17.2. The van der Waals surface area contributed by atoms with Crippen molar-refractivity contribution in [2.45, 2.75) is 114 Å². The van der Waals surface area contributed by atoms with E-state index in [9.17, 15) is 53.9 Å². The number of hydrogen-bond donors (Lipinski definition) is 9. The van der Waals surface area contributed by atoms with E-state index < -0.39 is 108 Å². The third-order valence-electron chi connectivity index (χ3n) is 9.69. The number of ether oxygens (including phenoxy) is 3. The number of carbonyl (C=O) groups is 7. The quantitative estimate of drug-likeness (QED) is 0.0242. The van der Waals surface area contributed by atoms with Gasteiger partial charge in [-0.3, -0.25) is 43.7 Å². The number of benzene rings is 2. The first kappa shape index (κ1) is 51.0. The first-order valence-electron chi connectivity index (χ1n) is 20.1. The fourth-order valence-electron chi connectivity index (χ4n) is 6.27. The highest BCUT2D eigenvalue weighted by Crippen LogP contribution is 2.26. The molecule has 3 rings (SSSR count). The fourth-order valence-corrected chi connectivity index (χ4v) is 6.27. The minimum absolute atomic E-state index is 0.0382. The van der Waals surface area contributed by atoms with Gasteiger partial charge < -0.3 is 62.5 Å². The Morgan fingerprint density at radius 2 is 1.60 bits per heavy atom. The molecule has 344 valence electrons. The maximum Gasteiger partial charge on any atom is 0.270 e. The molecule has 22 nitrogen and oxygen atoms in total. The number of nitro groups is 1. The Labute approximate surface area is 363 Å². The summed E-state index contributed by atoms with van der Waals surface area (Å²) in [6, 6.07) is 9.88. The predicted octanol–water partition coefficient (Wildman–Crippen LogP) is -1.31. The average Bonchev–Trinajstić information content (AvgIpc) is 3.24. The molecule has 1 aliphatic heterocycles. The lowest BCUT2D eigenvalue weighted by molar-refractivity contribution is -0.384. The van der Waals surface area contributed by atoms with E-state index in [0.29, 0.717) is 18.4 Å². The van der Waals surface area contributed by atoms with Gasteiger partial charge in [0.15, 0.2) is 6.29 Å². The second kappa shape index (κ2) is 25.6. The zero-order valence-corrected chi connectivity index (χ0v) is 35.1. The van der Waals surface area contributed by atoms with Gasteiger partial charge in [-0.25, -0.2) is 0 Å². The number of hydrogen-bond acceptors (Lipinski definition) is 14. The molecule has 2 aromatic rings. The number of aliphatic hydroxyl groups is 2. The van der Waals surface area contributed by atoms with E-state index in [1.165, 1.54) is 51.1 Å². The van der Waals surface area contributed by atoms with Crippen LogP contribution in [0.3, 0.4) is 0 Å². The maximum absolute atomic E-state index is 13.2. The standard InChI is InChI=1S/C41H56N8O14/c1-23(45-40(58)24(2)62-36-34(46-25(3)51)41(63-31(21-50)35(36)54)61-22-27-10-5-4-6-11-27)39(57)48-30(38(43)56)16-18-33(53)47-29(37(42)55)14-7-8-19-44-32(52)17-15-26-12-9-13-28(20-26)49(59)60/h4-6,9-13,15,17,20,23-24,29-31,34-36,41,50,54H,7-8,14,16,18-19,21-22H2,1-3H3,(H2,42,55)(H2,43,56)(H,44,52)(H,45,58)(H,46,51)(H,47,53)(H,48,57)/b17-15+/t23-,24+,29-,30+,31+,34-,35-,36+,41+/m0/s1. The molecule has 0 radical (unpaired) electrons. The smallest absolute Gasteiger partial charge is 0.270 e. The van der Waals surface area contributed by atoms with Crippen molar-refractivity contribution in [1.29, 1.82) is 0 Å². The van der Waals surface area contributed by atoms with Crippen molar-refractivity contribution in [3.05, 3.63) is 81.9 Å². The van der Waals surface area contributed by atoms with Crippen molar-refractivity contribution in [2.75, 3.05) is 13.2 Å². The van der Waals surface area contributed by atoms with Crippen LogP contribution in [-0.4, -0.2) is 125 Å². The molecule has 9 atom stereocenters. The normalized spacial score (nSPS) is 20.3. The lowest BCUT2D eigenvalue weighted by atomic mass is 9.96. The van der Waals surface area contributed by atoms with Gasteiger partial charge in [-0.1, -0.05) is 42.5 Å². The van der Waals surface area contributed by atoms with Crippen LogP contribution in [0.5, 0.6) is 0 Å². The van der Waals surface area contributed by atoms with E-state index in [-0.39, 0.29) is 38.1 Å². The summed E-state index contributed by atoms with van der Waals surface area (Å²) in [6.07, 6.45) is -3.72. The topological polar surface area (TPSA) is 343 Å². The molecule has 0 aromatic heterocycles. The minimum Gasteiger partial charge on any atom is -0.394 e. The molecule has 22 heteroatoms. The van der Waals surface area contributed by atoms with Crippen LogP contribution in [0.25, 0.3) is 6.08 Å². The number of aliphatic hydroxyl groups excluding tert-OH is 2. The van der Waals surface area contributed by atoms with Crippen LogP contribution >= 0.6 is 0 Å². The molecular weight excluding hydrogens is 828 g/mol. The molecule has 0 spiro atoms. The van der Waals surface area contributed by atoms with Gasteiger partial charge in [0.25, 0.3) is 5.69 Å². The van der Waals surface area contributed by atoms with E-state index in [1.807, 2.05) is 6.07 Å². The number of nitrogens with one attached hydrogen (secondary N) is 5. The van der Waals surface area contributed by atoms with Crippen LogP contribution in [-0.2, 0) is 54.4 Å². The molecule has 1 saturated heterocycles. The van der Waals surface area contributed by atoms with Gasteiger partial charge in [0.05, 0.1) is 18.1 Å². The van der Waals surface area contributed by atoms with Crippen LogP contribution in [0, 0.1) is 10.1 Å². The van der Waals surface area contributed by atoms with Crippen molar-refractivity contribution in [2.24, 2.45) is 11.5 Å². The summed E-state index contributed by atoms with van der Waals surface area (Å²) >= 11 is 0. The number of nitrogens with zero attached hydrogens (tertiary/aromatic N) is 1. The van der Waals surface area contributed by atoms with Crippen LogP contribution in [0.4, 0.5) is 5.69 Å². The highest BCUT2D eigenvalue weighted by atomic mass is 16.7. The van der Waals surface area contributed by atoms with Gasteiger partial charge in [-0.05, 0) is 56.7 Å². The number of rotatable bonds is 25. The molecule has 0 unspecified atom stereocenters. The summed E-state index contributed by atoms with van der Waals surface area (Å²) in [7, 11) is 0. The molecule has 63 heavy (non-hydrogen) atoms. The van der Waals surface area contributed by atoms with Gasteiger partial charge in [0.2, 0.25) is 41.4 Å². The molecule has 7 amide bonds. The van der Waals surface area contributed by atoms with E-state index in [0.717, 1.165) is 5.56 Å². The Hall–Kier alpha value is -6.33. The zero-order chi connectivity index (χ0) is 46.6. The fraction of sp³-hybridized carbons (Fsp3) is 0.488. The van der Waals surface area contributed by atoms with E-state index in [1.54, 1.807) is 30.3 Å². The number of carbonyl (C=O) groups excluding carboxylic acids is 7. The van der Waals surface area contributed by atoms with Gasteiger partial charge in [-0.2, -0.15) is 0 Å². The Morgan fingerprint density at radius 3 is 2.24 bits per heavy atom. The highest BCUT2D eigenvalue weighted by molar-refractivity contribution is 5.93. The Morgan fingerprint density at radius 1 is 0.921 bits per heavy atom. The number of primary amides is 2. The van der Waals surface area contributed by atoms with E-state index in [2.05, 4.69) is 26.6 Å². The first-order chi connectivity index (χ1) is 29.9. The Balaban J connectivity index is 1.47. The van der Waals surface area contributed by atoms with Crippen molar-refractivity contribution in [1.82, 2.24) is 26.6 Å². The molecule has 0 saturated carbocycles. The van der Waals surface area contributed by atoms with Gasteiger partial charge in [-0.15, -0.1) is 0 Å². The summed E-state index contributed by atoms with van der Waals surface area (Å²) in [5.41, 5.74) is 12.1. The zero-order valence-electron chi connectivity index (χ0n) is 35.1. The molecule has 2 aromatic carbocycles. The molecule has 1 heterocycles. The van der Waals surface area contributed by atoms with E-state index in [4.69, 9.17) is 25.7 Å². The second-order valence-corrected chi connectivity index (χ2v) is 14.7. The molecule has 0 bridgehead atoms. The molecule has 11 N–H and O–H groups in total. The van der Waals surface area contributed by atoms with Crippen molar-refractivity contribution < 1.29 is 62.9 Å². The summed E-state index contributed by atoms with van der Waals surface area (Å²) in [5.74, 6) is -5.13. The van der Waals surface area contributed by atoms with Crippen molar-refractivity contribution in [3.63, 3.8) is 0 Å². The Bertz CT molecular complexity index is 1940. The monoisotopic (exact) mass is 884 g/mol. The second-order valence-electron chi connectivity index (χ2n) is 14.7. The number of non-ortho nitro benzene ring substituents is 1. The molecule has 1 aliphatic rings. The Kier molecular flexibility index (Phi) is 20.7. The van der Waals surface area contributed by atoms with Gasteiger partial charge in [0, 0.05) is 38.1 Å². The molecule has 1 fully saturated rings. The predicted molar refractivity (Wildman–Crippen MR) is 223 cm³/mol. The lowest BCUT2D eigenvalue weighted by Crippen LogP contribution is -2.66. The van der Waals surface area contributed by atoms with Crippen LogP contribution in [0.2, 0.25) is 0 Å². The van der Waals surface area contributed by atoms with Crippen molar-refractivity contribution in [3.8, 4) is 0 Å². The van der Waals surface area contributed by atoms with Gasteiger partial charge >= 0.3 is 0 Å². The number of nitrogens with two attached hydrogens (primary N) is 2. The highest BCUT2D eigenvalue weighted by Gasteiger charge is 2.48. The van der Waals surface area contributed by atoms with Crippen LogP contribution < -0.4 is 38.1 Å². The molecular formula is C41H56N8O14. The lowest BCUT2D eigenvalue weighted by Gasteiger charge is -2.44. The molecule has 0 aliphatic carbocycles. The summed E-state index contributed by atoms with van der Waals surface area (Å²) in [4.78, 5) is 98.1. The van der Waals surface area contributed by atoms with Gasteiger partial charge in [0.1, 0.15) is 48.6 Å². The summed E-state index contributed by atoms with van der Waals surface area (Å²) < 4.78 is 17.6. The van der Waals surface area contributed by atoms with Crippen LogP contribution in [0.1, 0.15) is 64.0 Å². The first-order valence-corrected chi connectivity index (χ1v) is 20.1. The minimum atomic E-state index is -1.53. The number of amides is 7. The summed E-state index contributed by atoms with van der Waals surface area (Å²) in [5, 5.41) is 44.5. The average molecular weight is 885 g/mol. The van der Waals surface area contributed by atoms with E-state index >= 15 is 0 Å². The largest absolute Gasteiger partial charge is 0.394 e. The third-order valence-corrected chi connectivity index (χ3v) is 9.69. The van der Waals surface area contributed by atoms with Crippen LogP contribution in [0.15, 0.2) is 60.7 Å².